The number of hydrogen-bond donors (Lipinski definition) is 2. The van der Waals surface area contributed by atoms with Gasteiger partial charge in [-0.2, -0.15) is 5.10 Å². The Bertz CT molecular complexity index is 940. The second-order valence-electron chi connectivity index (χ2n) is 4.70. The predicted molar refractivity (Wildman–Crippen MR) is 81.2 cm³/mol. The molecule has 0 radical (unpaired) electrons. The van der Waals surface area contributed by atoms with Crippen molar-refractivity contribution in [3.05, 3.63) is 66.4 Å². The molecule has 0 unspecified atom stereocenters. The molecule has 2 aromatic carbocycles. The highest BCUT2D eigenvalue weighted by atomic mass is 32.2. The number of halogens is 2. The monoisotopic (exact) mass is 335 g/mol. The number of anilines is 1. The molecule has 3 aromatic rings. The van der Waals surface area contributed by atoms with Gasteiger partial charge in [-0.1, -0.05) is 30.3 Å². The number of nitrogens with one attached hydrogen (secondary N) is 2. The number of sulfonamides is 1. The molecule has 0 amide bonds. The van der Waals surface area contributed by atoms with Gasteiger partial charge in [0.25, 0.3) is 10.0 Å². The lowest BCUT2D eigenvalue weighted by Crippen LogP contribution is -2.15. The van der Waals surface area contributed by atoms with Gasteiger partial charge in [-0.3, -0.25) is 9.82 Å². The van der Waals surface area contributed by atoms with Gasteiger partial charge in [-0.05, 0) is 17.7 Å². The first-order chi connectivity index (χ1) is 11.0. The topological polar surface area (TPSA) is 74.8 Å². The zero-order valence-corrected chi connectivity index (χ0v) is 12.4. The van der Waals surface area contributed by atoms with Crippen LogP contribution in [0.2, 0.25) is 0 Å². The van der Waals surface area contributed by atoms with Crippen molar-refractivity contribution < 1.29 is 17.2 Å². The molecule has 0 aliphatic rings. The van der Waals surface area contributed by atoms with Crippen LogP contribution in [0.5, 0.6) is 0 Å². The molecule has 0 fully saturated rings. The van der Waals surface area contributed by atoms with Crippen molar-refractivity contribution in [2.24, 2.45) is 0 Å². The van der Waals surface area contributed by atoms with Gasteiger partial charge in [-0.15, -0.1) is 0 Å². The van der Waals surface area contributed by atoms with Crippen LogP contribution in [0.4, 0.5) is 14.6 Å². The minimum absolute atomic E-state index is 0.0972. The van der Waals surface area contributed by atoms with Crippen LogP contribution in [-0.2, 0) is 10.0 Å². The van der Waals surface area contributed by atoms with Crippen molar-refractivity contribution in [3.63, 3.8) is 0 Å². The fourth-order valence-corrected chi connectivity index (χ4v) is 3.18. The summed E-state index contributed by atoms with van der Waals surface area (Å²) >= 11 is 0. The SMILES string of the molecule is O=S(=O)(Nc1[nH]ncc1-c1ccccc1)c1ccc(F)cc1F. The van der Waals surface area contributed by atoms with Crippen LogP contribution in [0.25, 0.3) is 11.1 Å². The van der Waals surface area contributed by atoms with Gasteiger partial charge >= 0.3 is 0 Å². The van der Waals surface area contributed by atoms with Crippen LogP contribution < -0.4 is 4.72 Å². The van der Waals surface area contributed by atoms with Crippen molar-refractivity contribution in [3.8, 4) is 11.1 Å². The first-order valence-electron chi connectivity index (χ1n) is 6.54. The Kier molecular flexibility index (Phi) is 3.83. The second kappa shape index (κ2) is 5.81. The van der Waals surface area contributed by atoms with Gasteiger partial charge in [0, 0.05) is 11.6 Å². The van der Waals surface area contributed by atoms with Crippen LogP contribution >= 0.6 is 0 Å². The van der Waals surface area contributed by atoms with E-state index < -0.39 is 26.6 Å². The molecule has 5 nitrogen and oxygen atoms in total. The summed E-state index contributed by atoms with van der Waals surface area (Å²) in [6, 6.07) is 11.2. The molecular weight excluding hydrogens is 324 g/mol. The molecule has 118 valence electrons. The Morgan fingerprint density at radius 1 is 1.04 bits per heavy atom. The van der Waals surface area contributed by atoms with Crippen molar-refractivity contribution in [2.75, 3.05) is 4.72 Å². The third-order valence-corrected chi connectivity index (χ3v) is 4.53. The summed E-state index contributed by atoms with van der Waals surface area (Å²) in [5, 5.41) is 6.33. The number of hydrogen-bond acceptors (Lipinski definition) is 3. The van der Waals surface area contributed by atoms with E-state index in [4.69, 9.17) is 0 Å². The van der Waals surface area contributed by atoms with Gasteiger partial charge in [-0.25, -0.2) is 17.2 Å². The third kappa shape index (κ3) is 3.07. The molecule has 0 saturated carbocycles. The van der Waals surface area contributed by atoms with Crippen LogP contribution in [0.3, 0.4) is 0 Å². The molecule has 3 rings (SSSR count). The van der Waals surface area contributed by atoms with Crippen molar-refractivity contribution in [1.82, 2.24) is 10.2 Å². The van der Waals surface area contributed by atoms with Crippen LogP contribution in [0.1, 0.15) is 0 Å². The van der Waals surface area contributed by atoms with Gasteiger partial charge in [0.15, 0.2) is 0 Å². The van der Waals surface area contributed by atoms with E-state index in [0.29, 0.717) is 11.6 Å². The average molecular weight is 335 g/mol. The number of benzene rings is 2. The number of nitrogens with zero attached hydrogens (tertiary/aromatic N) is 1. The number of aromatic nitrogens is 2. The standard InChI is InChI=1S/C15H11F2N3O2S/c16-11-6-7-14(13(17)8-11)23(21,22)20-15-12(9-18-19-15)10-4-2-1-3-5-10/h1-9H,(H2,18,19,20). The summed E-state index contributed by atoms with van der Waals surface area (Å²) in [5.74, 6) is -1.92. The molecule has 0 atom stereocenters. The van der Waals surface area contributed by atoms with Gasteiger partial charge in [0.05, 0.1) is 6.20 Å². The third-order valence-electron chi connectivity index (χ3n) is 3.14. The lowest BCUT2D eigenvalue weighted by molar-refractivity contribution is 0.551. The lowest BCUT2D eigenvalue weighted by atomic mass is 10.1. The van der Waals surface area contributed by atoms with E-state index in [2.05, 4.69) is 14.9 Å². The van der Waals surface area contributed by atoms with Crippen LogP contribution in [0, 0.1) is 11.6 Å². The summed E-state index contributed by atoms with van der Waals surface area (Å²) in [5.41, 5.74) is 1.25. The predicted octanol–water partition coefficient (Wildman–Crippen LogP) is 3.16. The summed E-state index contributed by atoms with van der Waals surface area (Å²) in [7, 11) is -4.22. The smallest absolute Gasteiger partial charge is 0.263 e. The van der Waals surface area contributed by atoms with E-state index in [1.165, 1.54) is 6.20 Å². The Hall–Kier alpha value is -2.74. The maximum atomic E-state index is 13.7. The molecule has 0 saturated heterocycles. The summed E-state index contributed by atoms with van der Waals surface area (Å²) in [6.45, 7) is 0. The highest BCUT2D eigenvalue weighted by Gasteiger charge is 2.22. The van der Waals surface area contributed by atoms with E-state index >= 15 is 0 Å². The Labute approximate surface area is 131 Å². The molecular formula is C15H11F2N3O2S. The van der Waals surface area contributed by atoms with Crippen molar-refractivity contribution in [2.45, 2.75) is 4.90 Å². The van der Waals surface area contributed by atoms with Gasteiger partial charge in [0.2, 0.25) is 0 Å². The first-order valence-corrected chi connectivity index (χ1v) is 8.02. The molecule has 1 aromatic heterocycles. The fraction of sp³-hybridized carbons (Fsp3) is 0. The molecule has 0 aliphatic carbocycles. The quantitative estimate of drug-likeness (QED) is 0.769. The second-order valence-corrected chi connectivity index (χ2v) is 6.36. The zero-order valence-electron chi connectivity index (χ0n) is 11.6. The van der Waals surface area contributed by atoms with E-state index in [1.807, 2.05) is 6.07 Å². The Morgan fingerprint density at radius 2 is 1.78 bits per heavy atom. The Balaban J connectivity index is 1.98. The number of aromatic amines is 1. The van der Waals surface area contributed by atoms with Gasteiger partial charge in [0.1, 0.15) is 22.3 Å². The highest BCUT2D eigenvalue weighted by Crippen LogP contribution is 2.28. The molecule has 8 heteroatoms. The number of rotatable bonds is 4. The van der Waals surface area contributed by atoms with E-state index in [9.17, 15) is 17.2 Å². The first kappa shape index (κ1) is 15.2. The van der Waals surface area contributed by atoms with E-state index in [-0.39, 0.29) is 5.82 Å². The molecule has 0 aliphatic heterocycles. The zero-order chi connectivity index (χ0) is 16.4. The molecule has 1 heterocycles. The maximum absolute atomic E-state index is 13.7. The van der Waals surface area contributed by atoms with Gasteiger partial charge < -0.3 is 0 Å². The van der Waals surface area contributed by atoms with Crippen LogP contribution in [0.15, 0.2) is 59.6 Å². The van der Waals surface area contributed by atoms with Crippen LogP contribution in [-0.4, -0.2) is 18.6 Å². The molecule has 0 bridgehead atoms. The summed E-state index contributed by atoms with van der Waals surface area (Å²) in [4.78, 5) is -0.646. The lowest BCUT2D eigenvalue weighted by Gasteiger charge is -2.09. The maximum Gasteiger partial charge on any atom is 0.265 e. The minimum atomic E-state index is -4.22. The highest BCUT2D eigenvalue weighted by molar-refractivity contribution is 7.92. The molecule has 2 N–H and O–H groups in total. The normalized spacial score (nSPS) is 11.4. The average Bonchev–Trinajstić information content (AvgIpc) is 2.95. The largest absolute Gasteiger partial charge is 0.265 e. The van der Waals surface area contributed by atoms with Crippen molar-refractivity contribution in [1.29, 1.82) is 0 Å². The summed E-state index contributed by atoms with van der Waals surface area (Å²) < 4.78 is 53.5. The van der Waals surface area contributed by atoms with Crippen molar-refractivity contribution >= 4 is 15.8 Å². The number of H-pyrrole nitrogens is 1. The molecule has 23 heavy (non-hydrogen) atoms. The summed E-state index contributed by atoms with van der Waals surface area (Å²) in [6.07, 6.45) is 1.45. The fourth-order valence-electron chi connectivity index (χ4n) is 2.08. The Morgan fingerprint density at radius 3 is 2.48 bits per heavy atom. The van der Waals surface area contributed by atoms with E-state index in [1.54, 1.807) is 24.3 Å². The van der Waals surface area contributed by atoms with E-state index in [0.717, 1.165) is 17.7 Å². The minimum Gasteiger partial charge on any atom is -0.263 e. The molecule has 0 spiro atoms.